The molecule has 21 heavy (non-hydrogen) atoms. The predicted molar refractivity (Wildman–Crippen MR) is 77.5 cm³/mol. The Kier molecular flexibility index (Phi) is 4.30. The van der Waals surface area contributed by atoms with Gasteiger partial charge in [-0.2, -0.15) is 10.2 Å². The minimum Gasteiger partial charge on any atom is -0.334 e. The Morgan fingerprint density at radius 3 is 2.62 bits per heavy atom. The number of nitro groups is 1. The Hall–Kier alpha value is -2.72. The zero-order valence-electron chi connectivity index (χ0n) is 11.0. The average molecular weight is 304 g/mol. The third kappa shape index (κ3) is 3.43. The van der Waals surface area contributed by atoms with Crippen molar-refractivity contribution in [3.63, 3.8) is 0 Å². The highest BCUT2D eigenvalue weighted by Gasteiger charge is 2.21. The summed E-state index contributed by atoms with van der Waals surface area (Å²) < 4.78 is 0. The van der Waals surface area contributed by atoms with E-state index in [1.54, 1.807) is 24.3 Å². The maximum absolute atomic E-state index is 11.1. The van der Waals surface area contributed by atoms with Gasteiger partial charge in [-0.1, -0.05) is 12.1 Å². The molecule has 0 amide bonds. The van der Waals surface area contributed by atoms with Gasteiger partial charge < -0.3 is 5.32 Å². The van der Waals surface area contributed by atoms with Crippen molar-refractivity contribution in [1.82, 2.24) is 9.97 Å². The van der Waals surface area contributed by atoms with Gasteiger partial charge in [0.1, 0.15) is 5.69 Å². The van der Waals surface area contributed by atoms with Crippen LogP contribution in [0.4, 0.5) is 17.2 Å². The van der Waals surface area contributed by atoms with Gasteiger partial charge >= 0.3 is 5.69 Å². The zero-order valence-corrected chi connectivity index (χ0v) is 11.8. The molecule has 0 saturated carbocycles. The number of nitrogens with zero attached hydrogens (tertiary/aromatic N) is 4. The number of nitriles is 1. The fourth-order valence-corrected chi connectivity index (χ4v) is 1.98. The summed E-state index contributed by atoms with van der Waals surface area (Å²) in [6, 6.07) is 8.98. The first kappa shape index (κ1) is 14.7. The highest BCUT2D eigenvalue weighted by Crippen LogP contribution is 2.29. The third-order valence-corrected chi connectivity index (χ3v) is 2.88. The van der Waals surface area contributed by atoms with Crippen molar-refractivity contribution in [2.45, 2.75) is 13.3 Å². The number of aryl methyl sites for hydroxylation is 1. The Bertz CT molecular complexity index is 725. The summed E-state index contributed by atoms with van der Waals surface area (Å²) in [6.45, 7) is 1.49. The highest BCUT2D eigenvalue weighted by molar-refractivity contribution is 6.28. The van der Waals surface area contributed by atoms with E-state index in [1.165, 1.54) is 6.92 Å². The van der Waals surface area contributed by atoms with Gasteiger partial charge in [0.15, 0.2) is 0 Å². The second-order valence-corrected chi connectivity index (χ2v) is 4.53. The quantitative estimate of drug-likeness (QED) is 0.528. The summed E-state index contributed by atoms with van der Waals surface area (Å²) in [5.74, 6) is 0.0329. The lowest BCUT2D eigenvalue weighted by atomic mass is 10.1. The molecule has 0 aliphatic heterocycles. The van der Waals surface area contributed by atoms with Gasteiger partial charge in [0.05, 0.1) is 17.4 Å². The summed E-state index contributed by atoms with van der Waals surface area (Å²) in [5.41, 5.74) is 1.42. The summed E-state index contributed by atoms with van der Waals surface area (Å²) in [5, 5.41) is 22.5. The summed E-state index contributed by atoms with van der Waals surface area (Å²) in [6.07, 6.45) is 0.304. The Labute approximate surface area is 125 Å². The molecule has 2 rings (SSSR count). The number of anilines is 2. The summed E-state index contributed by atoms with van der Waals surface area (Å²) in [4.78, 5) is 18.2. The van der Waals surface area contributed by atoms with Gasteiger partial charge in [0.25, 0.3) is 0 Å². The van der Waals surface area contributed by atoms with Crippen LogP contribution in [0.1, 0.15) is 11.3 Å². The molecule has 0 spiro atoms. The van der Waals surface area contributed by atoms with Crippen molar-refractivity contribution in [1.29, 1.82) is 5.26 Å². The van der Waals surface area contributed by atoms with Gasteiger partial charge in [-0.05, 0) is 36.2 Å². The minimum absolute atomic E-state index is 0.0329. The molecule has 7 nitrogen and oxygen atoms in total. The average Bonchev–Trinajstić information content (AvgIpc) is 2.40. The van der Waals surface area contributed by atoms with Gasteiger partial charge in [0, 0.05) is 5.69 Å². The van der Waals surface area contributed by atoms with Crippen molar-refractivity contribution in [2.75, 3.05) is 5.32 Å². The number of aromatic nitrogens is 2. The smallest absolute Gasteiger partial charge is 0.332 e. The Balaban J connectivity index is 2.35. The van der Waals surface area contributed by atoms with Gasteiger partial charge in [0.2, 0.25) is 11.1 Å². The second kappa shape index (κ2) is 6.15. The van der Waals surface area contributed by atoms with Crippen molar-refractivity contribution in [2.24, 2.45) is 0 Å². The number of hydrogen-bond acceptors (Lipinski definition) is 6. The SMILES string of the molecule is Cc1nc(Cl)nc(Nc2ccc(CC#N)cc2)c1[N+](=O)[O-]. The molecule has 106 valence electrons. The lowest BCUT2D eigenvalue weighted by Crippen LogP contribution is -2.04. The van der Waals surface area contributed by atoms with Crippen LogP contribution in [0, 0.1) is 28.4 Å². The fraction of sp³-hybridized carbons (Fsp3) is 0.154. The van der Waals surface area contributed by atoms with Gasteiger partial charge in [-0.15, -0.1) is 0 Å². The molecule has 0 radical (unpaired) electrons. The van der Waals surface area contributed by atoms with E-state index in [0.717, 1.165) is 5.56 Å². The molecule has 0 fully saturated rings. The van der Waals surface area contributed by atoms with Gasteiger partial charge in [-0.25, -0.2) is 4.98 Å². The van der Waals surface area contributed by atoms with Crippen LogP contribution in [0.25, 0.3) is 0 Å². The van der Waals surface area contributed by atoms with Crippen molar-refractivity contribution in [3.8, 4) is 6.07 Å². The molecule has 1 heterocycles. The first-order valence-corrected chi connectivity index (χ1v) is 6.30. The molecule has 0 saturated heterocycles. The van der Waals surface area contributed by atoms with E-state index >= 15 is 0 Å². The van der Waals surface area contributed by atoms with E-state index in [2.05, 4.69) is 15.3 Å². The number of halogens is 1. The maximum Gasteiger partial charge on any atom is 0.332 e. The predicted octanol–water partition coefficient (Wildman–Crippen LogP) is 3.16. The van der Waals surface area contributed by atoms with Crippen LogP contribution in [0.5, 0.6) is 0 Å². The standard InChI is InChI=1S/C13H10ClN5O2/c1-8-11(19(20)21)12(18-13(14)16-8)17-10-4-2-9(3-5-10)6-7-15/h2-5H,6H2,1H3,(H,16,17,18). The van der Waals surface area contributed by atoms with Crippen molar-refractivity contribution < 1.29 is 4.92 Å². The molecular weight excluding hydrogens is 294 g/mol. The number of hydrogen-bond donors (Lipinski definition) is 1. The van der Waals surface area contributed by atoms with Crippen LogP contribution < -0.4 is 5.32 Å². The van der Waals surface area contributed by atoms with E-state index < -0.39 is 4.92 Å². The van der Waals surface area contributed by atoms with Crippen LogP contribution in [-0.2, 0) is 6.42 Å². The van der Waals surface area contributed by atoms with Crippen LogP contribution in [0.15, 0.2) is 24.3 Å². The van der Waals surface area contributed by atoms with E-state index in [4.69, 9.17) is 16.9 Å². The zero-order chi connectivity index (χ0) is 15.4. The first-order valence-electron chi connectivity index (χ1n) is 5.92. The van der Waals surface area contributed by atoms with Crippen LogP contribution in [-0.4, -0.2) is 14.9 Å². The lowest BCUT2D eigenvalue weighted by molar-refractivity contribution is -0.385. The van der Waals surface area contributed by atoms with Crippen molar-refractivity contribution >= 4 is 28.8 Å². The first-order chi connectivity index (χ1) is 10.0. The summed E-state index contributed by atoms with van der Waals surface area (Å²) in [7, 11) is 0. The molecule has 2 aromatic rings. The molecule has 1 aromatic heterocycles. The van der Waals surface area contributed by atoms with E-state index in [9.17, 15) is 10.1 Å². The van der Waals surface area contributed by atoms with Crippen molar-refractivity contribution in [3.05, 3.63) is 50.9 Å². The molecule has 0 unspecified atom stereocenters. The van der Waals surface area contributed by atoms with Gasteiger partial charge in [-0.3, -0.25) is 10.1 Å². The molecule has 8 heteroatoms. The van der Waals surface area contributed by atoms with Crippen LogP contribution in [0.2, 0.25) is 5.28 Å². The number of benzene rings is 1. The topological polar surface area (TPSA) is 105 Å². The monoisotopic (exact) mass is 303 g/mol. The molecule has 0 aliphatic rings. The fourth-order valence-electron chi connectivity index (χ4n) is 1.77. The molecule has 0 bridgehead atoms. The number of rotatable bonds is 4. The molecular formula is C13H10ClN5O2. The maximum atomic E-state index is 11.1. The largest absolute Gasteiger partial charge is 0.334 e. The highest BCUT2D eigenvalue weighted by atomic mass is 35.5. The van der Waals surface area contributed by atoms with Crippen LogP contribution in [0.3, 0.4) is 0 Å². The minimum atomic E-state index is -0.557. The molecule has 1 N–H and O–H groups in total. The normalized spacial score (nSPS) is 9.95. The van der Waals surface area contributed by atoms with E-state index in [1.807, 2.05) is 6.07 Å². The Morgan fingerprint density at radius 2 is 2.05 bits per heavy atom. The van der Waals surface area contributed by atoms with E-state index in [0.29, 0.717) is 12.1 Å². The Morgan fingerprint density at radius 1 is 1.38 bits per heavy atom. The van der Waals surface area contributed by atoms with E-state index in [-0.39, 0.29) is 22.5 Å². The molecule has 1 aromatic carbocycles. The number of nitrogens with one attached hydrogen (secondary N) is 1. The molecule has 0 atom stereocenters. The third-order valence-electron chi connectivity index (χ3n) is 2.71. The summed E-state index contributed by atoms with van der Waals surface area (Å²) >= 11 is 5.74. The van der Waals surface area contributed by atoms with Crippen LogP contribution >= 0.6 is 11.6 Å². The molecule has 0 aliphatic carbocycles. The second-order valence-electron chi connectivity index (χ2n) is 4.19. The lowest BCUT2D eigenvalue weighted by Gasteiger charge is -2.08.